The average molecular weight is 290 g/mol. The Kier molecular flexibility index (Phi) is 4.39. The molecule has 112 valence electrons. The van der Waals surface area contributed by atoms with Crippen LogP contribution in [0, 0.1) is 0 Å². The normalized spacial score (nSPS) is 18.8. The van der Waals surface area contributed by atoms with Crippen LogP contribution < -0.4 is 10.1 Å². The lowest BCUT2D eigenvalue weighted by atomic mass is 10.0. The number of hydrogen-bond donors (Lipinski definition) is 2. The molecule has 0 saturated carbocycles. The fourth-order valence-corrected chi connectivity index (χ4v) is 2.40. The van der Waals surface area contributed by atoms with Crippen LogP contribution in [0.25, 0.3) is 0 Å². The third kappa shape index (κ3) is 3.16. The number of phenols is 1. The molecule has 1 aromatic carbocycles. The summed E-state index contributed by atoms with van der Waals surface area (Å²) < 4.78 is 45.1. The molecule has 0 spiro atoms. The summed E-state index contributed by atoms with van der Waals surface area (Å²) in [6.07, 6.45) is -4.46. The molecule has 1 aromatic rings. The summed E-state index contributed by atoms with van der Waals surface area (Å²) in [6, 6.07) is 2.09. The van der Waals surface area contributed by atoms with Crippen molar-refractivity contribution in [2.45, 2.75) is 12.2 Å². The molecule has 2 N–H and O–H groups in total. The third-order valence-electron chi connectivity index (χ3n) is 3.36. The van der Waals surface area contributed by atoms with E-state index in [4.69, 9.17) is 4.74 Å². The van der Waals surface area contributed by atoms with Gasteiger partial charge in [-0.3, -0.25) is 4.90 Å². The highest BCUT2D eigenvalue weighted by atomic mass is 19.4. The van der Waals surface area contributed by atoms with E-state index in [-0.39, 0.29) is 24.4 Å². The molecule has 0 aromatic heterocycles. The van der Waals surface area contributed by atoms with Gasteiger partial charge in [0.05, 0.1) is 7.11 Å². The predicted molar refractivity (Wildman–Crippen MR) is 67.9 cm³/mol. The molecule has 0 bridgehead atoms. The van der Waals surface area contributed by atoms with Gasteiger partial charge in [-0.1, -0.05) is 0 Å². The Morgan fingerprint density at radius 3 is 2.50 bits per heavy atom. The quantitative estimate of drug-likeness (QED) is 0.892. The minimum absolute atomic E-state index is 0.168. The number of hydrogen-bond acceptors (Lipinski definition) is 4. The Morgan fingerprint density at radius 1 is 1.30 bits per heavy atom. The van der Waals surface area contributed by atoms with Crippen LogP contribution in [0.3, 0.4) is 0 Å². The molecule has 2 rings (SSSR count). The minimum Gasteiger partial charge on any atom is -0.508 e. The smallest absolute Gasteiger partial charge is 0.408 e. The highest BCUT2D eigenvalue weighted by Crippen LogP contribution is 2.42. The maximum absolute atomic E-state index is 13.4. The second-order valence-electron chi connectivity index (χ2n) is 4.65. The number of halogens is 3. The van der Waals surface area contributed by atoms with Crippen molar-refractivity contribution in [3.05, 3.63) is 23.8 Å². The van der Waals surface area contributed by atoms with Crippen molar-refractivity contribution in [2.24, 2.45) is 0 Å². The molecule has 1 heterocycles. The number of aromatic hydroxyl groups is 1. The van der Waals surface area contributed by atoms with Crippen LogP contribution in [0.1, 0.15) is 11.6 Å². The van der Waals surface area contributed by atoms with Gasteiger partial charge in [0.1, 0.15) is 17.5 Å². The molecule has 0 amide bonds. The van der Waals surface area contributed by atoms with Gasteiger partial charge in [0.25, 0.3) is 0 Å². The number of alkyl halides is 3. The first kappa shape index (κ1) is 14.9. The standard InChI is InChI=1S/C13H17F3N2O2/c1-20-9-2-3-11(19)10(8-9)12(13(14,15)16)18-6-4-17-5-7-18/h2-3,8,12,17,19H,4-7H2,1H3/t12-/m1/s1. The van der Waals surface area contributed by atoms with Crippen molar-refractivity contribution in [3.8, 4) is 11.5 Å². The molecule has 0 unspecified atom stereocenters. The van der Waals surface area contributed by atoms with Gasteiger partial charge in [-0.05, 0) is 18.2 Å². The summed E-state index contributed by atoms with van der Waals surface area (Å²) in [5.74, 6) is -0.0751. The third-order valence-corrected chi connectivity index (χ3v) is 3.36. The highest BCUT2D eigenvalue weighted by molar-refractivity contribution is 5.42. The van der Waals surface area contributed by atoms with Crippen molar-refractivity contribution >= 4 is 0 Å². The lowest BCUT2D eigenvalue weighted by molar-refractivity contribution is -0.188. The van der Waals surface area contributed by atoms with Gasteiger partial charge in [-0.2, -0.15) is 13.2 Å². The maximum atomic E-state index is 13.4. The zero-order valence-electron chi connectivity index (χ0n) is 11.1. The van der Waals surface area contributed by atoms with Crippen LogP contribution in [0.2, 0.25) is 0 Å². The number of nitrogens with one attached hydrogen (secondary N) is 1. The Morgan fingerprint density at radius 2 is 1.95 bits per heavy atom. The van der Waals surface area contributed by atoms with E-state index in [9.17, 15) is 18.3 Å². The molecular formula is C13H17F3N2O2. The lowest BCUT2D eigenvalue weighted by Gasteiger charge is -2.36. The Labute approximate surface area is 115 Å². The lowest BCUT2D eigenvalue weighted by Crippen LogP contribution is -2.49. The topological polar surface area (TPSA) is 44.7 Å². The largest absolute Gasteiger partial charge is 0.508 e. The van der Waals surface area contributed by atoms with Gasteiger partial charge >= 0.3 is 6.18 Å². The summed E-state index contributed by atoms with van der Waals surface area (Å²) in [7, 11) is 1.38. The number of nitrogens with zero attached hydrogens (tertiary/aromatic N) is 1. The Bertz CT molecular complexity index is 459. The van der Waals surface area contributed by atoms with Gasteiger partial charge in [-0.15, -0.1) is 0 Å². The summed E-state index contributed by atoms with van der Waals surface area (Å²) in [6.45, 7) is 1.55. The molecule has 20 heavy (non-hydrogen) atoms. The van der Waals surface area contributed by atoms with Crippen LogP contribution >= 0.6 is 0 Å². The van der Waals surface area contributed by atoms with E-state index in [0.29, 0.717) is 18.8 Å². The van der Waals surface area contributed by atoms with Crippen LogP contribution in [0.15, 0.2) is 18.2 Å². The van der Waals surface area contributed by atoms with Crippen molar-refractivity contribution in [2.75, 3.05) is 33.3 Å². The fourth-order valence-electron chi connectivity index (χ4n) is 2.40. The first-order chi connectivity index (χ1) is 9.43. The summed E-state index contributed by atoms with van der Waals surface area (Å²) in [5.41, 5.74) is -0.168. The predicted octanol–water partition coefficient (Wildman–Crippen LogP) is 1.91. The van der Waals surface area contributed by atoms with E-state index >= 15 is 0 Å². The number of rotatable bonds is 3. The molecular weight excluding hydrogens is 273 g/mol. The van der Waals surface area contributed by atoms with Crippen LogP contribution in [0.4, 0.5) is 13.2 Å². The summed E-state index contributed by atoms with van der Waals surface area (Å²) >= 11 is 0. The molecule has 1 saturated heterocycles. The second kappa shape index (κ2) is 5.88. The minimum atomic E-state index is -4.46. The molecule has 1 aliphatic heterocycles. The van der Waals surface area contributed by atoms with Crippen molar-refractivity contribution in [3.63, 3.8) is 0 Å². The molecule has 0 aliphatic carbocycles. The molecule has 1 atom stereocenters. The molecule has 4 nitrogen and oxygen atoms in total. The van der Waals surface area contributed by atoms with E-state index in [1.807, 2.05) is 0 Å². The number of ether oxygens (including phenoxy) is 1. The summed E-state index contributed by atoms with van der Waals surface area (Å²) in [5, 5.41) is 12.8. The molecule has 7 heteroatoms. The zero-order chi connectivity index (χ0) is 14.8. The van der Waals surface area contributed by atoms with E-state index in [1.54, 1.807) is 0 Å². The first-order valence-corrected chi connectivity index (χ1v) is 6.32. The molecule has 1 fully saturated rings. The first-order valence-electron chi connectivity index (χ1n) is 6.32. The fraction of sp³-hybridized carbons (Fsp3) is 0.538. The van der Waals surface area contributed by atoms with Gasteiger partial charge in [-0.25, -0.2) is 0 Å². The average Bonchev–Trinajstić information content (AvgIpc) is 2.41. The number of piperazine rings is 1. The van der Waals surface area contributed by atoms with Crippen LogP contribution in [0.5, 0.6) is 11.5 Å². The maximum Gasteiger partial charge on any atom is 0.408 e. The molecule has 0 radical (unpaired) electrons. The highest BCUT2D eigenvalue weighted by Gasteiger charge is 2.46. The van der Waals surface area contributed by atoms with Crippen molar-refractivity contribution in [1.29, 1.82) is 0 Å². The van der Waals surface area contributed by atoms with Gasteiger partial charge in [0.2, 0.25) is 0 Å². The zero-order valence-corrected chi connectivity index (χ0v) is 11.1. The van der Waals surface area contributed by atoms with Gasteiger partial charge < -0.3 is 15.2 Å². The van der Waals surface area contributed by atoms with E-state index in [2.05, 4.69) is 5.32 Å². The van der Waals surface area contributed by atoms with Gasteiger partial charge in [0.15, 0.2) is 0 Å². The van der Waals surface area contributed by atoms with Gasteiger partial charge in [0, 0.05) is 31.7 Å². The Hall–Kier alpha value is -1.47. The number of benzene rings is 1. The summed E-state index contributed by atoms with van der Waals surface area (Å²) in [4.78, 5) is 1.32. The molecule has 1 aliphatic rings. The van der Waals surface area contributed by atoms with Crippen LogP contribution in [-0.2, 0) is 0 Å². The van der Waals surface area contributed by atoms with E-state index < -0.39 is 12.2 Å². The van der Waals surface area contributed by atoms with Crippen LogP contribution in [-0.4, -0.2) is 49.5 Å². The van der Waals surface area contributed by atoms with E-state index in [1.165, 1.54) is 30.2 Å². The Balaban J connectivity index is 2.40. The number of methoxy groups -OCH3 is 1. The second-order valence-corrected chi connectivity index (χ2v) is 4.65. The monoisotopic (exact) mass is 290 g/mol. The van der Waals surface area contributed by atoms with E-state index in [0.717, 1.165) is 0 Å². The number of phenolic OH excluding ortho intramolecular Hbond substituents is 1. The van der Waals surface area contributed by atoms with Crippen molar-refractivity contribution in [1.82, 2.24) is 10.2 Å². The SMILES string of the molecule is COc1ccc(O)c([C@@H](N2CCNCC2)C(F)(F)F)c1. The van der Waals surface area contributed by atoms with Crippen molar-refractivity contribution < 1.29 is 23.0 Å².